The predicted octanol–water partition coefficient (Wildman–Crippen LogP) is 2.74. The summed E-state index contributed by atoms with van der Waals surface area (Å²) in [6.45, 7) is 7.68. The molecule has 0 amide bonds. The number of rotatable bonds is 7. The molecule has 0 aliphatic carbocycles. The summed E-state index contributed by atoms with van der Waals surface area (Å²) in [6, 6.07) is 0. The van der Waals surface area contributed by atoms with Crippen LogP contribution in [-0.4, -0.2) is 29.5 Å². The fourth-order valence-electron chi connectivity index (χ4n) is 0.931. The Balaban J connectivity index is 3.33. The van der Waals surface area contributed by atoms with Crippen LogP contribution in [0.4, 0.5) is 0 Å². The fraction of sp³-hybridized carbons (Fsp3) is 1.00. The Hall–Kier alpha value is 0.600. The van der Waals surface area contributed by atoms with E-state index in [1.807, 2.05) is 11.8 Å². The Morgan fingerprint density at radius 2 is 2.08 bits per heavy atom. The summed E-state index contributed by atoms with van der Waals surface area (Å²) >= 11 is 7.65. The van der Waals surface area contributed by atoms with Crippen molar-refractivity contribution in [1.29, 1.82) is 0 Å². The highest BCUT2D eigenvalue weighted by Gasteiger charge is 2.14. The molecule has 12 heavy (non-hydrogen) atoms. The average molecular weight is 210 g/mol. The molecular formula is C9H20ClNS. The summed E-state index contributed by atoms with van der Waals surface area (Å²) in [4.78, 5) is 0. The van der Waals surface area contributed by atoms with Crippen molar-refractivity contribution in [1.82, 2.24) is 5.32 Å². The third-order valence-corrected chi connectivity index (χ3v) is 2.86. The van der Waals surface area contributed by atoms with Crippen molar-refractivity contribution in [3.8, 4) is 0 Å². The maximum absolute atomic E-state index is 5.68. The second-order valence-corrected chi connectivity index (χ2v) is 5.22. The van der Waals surface area contributed by atoms with Crippen molar-refractivity contribution < 1.29 is 0 Å². The zero-order valence-corrected chi connectivity index (χ0v) is 9.89. The van der Waals surface area contributed by atoms with Gasteiger partial charge in [-0.25, -0.2) is 0 Å². The Morgan fingerprint density at radius 3 is 2.58 bits per heavy atom. The van der Waals surface area contributed by atoms with E-state index in [0.29, 0.717) is 0 Å². The van der Waals surface area contributed by atoms with E-state index in [-0.39, 0.29) is 5.54 Å². The number of hydrogen-bond acceptors (Lipinski definition) is 2. The molecule has 0 unspecified atom stereocenters. The van der Waals surface area contributed by atoms with Gasteiger partial charge in [0.2, 0.25) is 0 Å². The molecule has 3 heteroatoms. The van der Waals surface area contributed by atoms with E-state index in [1.54, 1.807) is 0 Å². The van der Waals surface area contributed by atoms with Gasteiger partial charge in [0, 0.05) is 23.7 Å². The molecule has 0 radical (unpaired) electrons. The number of thioether (sulfide) groups is 1. The van der Waals surface area contributed by atoms with Crippen LogP contribution in [0, 0.1) is 0 Å². The highest BCUT2D eigenvalue weighted by Crippen LogP contribution is 2.09. The van der Waals surface area contributed by atoms with E-state index < -0.39 is 0 Å². The minimum atomic E-state index is 0.204. The first-order valence-corrected chi connectivity index (χ1v) is 6.20. The molecule has 0 spiro atoms. The first kappa shape index (κ1) is 12.6. The zero-order valence-electron chi connectivity index (χ0n) is 8.32. The summed E-state index contributed by atoms with van der Waals surface area (Å²) in [5.74, 6) is 3.14. The smallest absolute Gasteiger partial charge is 0.0240 e. The molecule has 0 aliphatic heterocycles. The number of nitrogens with one attached hydrogen (secondary N) is 1. The molecule has 0 bridgehead atoms. The highest BCUT2D eigenvalue weighted by atomic mass is 35.5. The molecule has 0 fully saturated rings. The number of halogens is 1. The lowest BCUT2D eigenvalue weighted by Gasteiger charge is -2.25. The van der Waals surface area contributed by atoms with Gasteiger partial charge in [-0.1, -0.05) is 6.92 Å². The van der Waals surface area contributed by atoms with E-state index in [2.05, 4.69) is 26.1 Å². The largest absolute Gasteiger partial charge is 0.311 e. The van der Waals surface area contributed by atoms with Crippen molar-refractivity contribution in [2.45, 2.75) is 32.7 Å². The van der Waals surface area contributed by atoms with Crippen LogP contribution in [0.2, 0.25) is 0 Å². The van der Waals surface area contributed by atoms with E-state index in [4.69, 9.17) is 11.6 Å². The standard InChI is InChI=1S/C9H20ClNS/c1-4-12-8-7-11-9(2,3)5-6-10/h11H,4-8H2,1-3H3. The van der Waals surface area contributed by atoms with Crippen LogP contribution >= 0.6 is 23.4 Å². The summed E-state index contributed by atoms with van der Waals surface area (Å²) in [5.41, 5.74) is 0.204. The normalized spacial score (nSPS) is 12.0. The predicted molar refractivity (Wildman–Crippen MR) is 60.4 cm³/mol. The molecule has 74 valence electrons. The molecule has 1 nitrogen and oxygen atoms in total. The van der Waals surface area contributed by atoms with Crippen LogP contribution in [0.25, 0.3) is 0 Å². The van der Waals surface area contributed by atoms with Crippen molar-refractivity contribution in [3.63, 3.8) is 0 Å². The third kappa shape index (κ3) is 7.26. The first-order chi connectivity index (χ1) is 5.62. The third-order valence-electron chi connectivity index (χ3n) is 1.77. The van der Waals surface area contributed by atoms with Crippen LogP contribution in [0.15, 0.2) is 0 Å². The minimum Gasteiger partial charge on any atom is -0.311 e. The van der Waals surface area contributed by atoms with Gasteiger partial charge in [-0.3, -0.25) is 0 Å². The van der Waals surface area contributed by atoms with Crippen molar-refractivity contribution >= 4 is 23.4 Å². The fourth-order valence-corrected chi connectivity index (χ4v) is 1.94. The molecule has 0 rings (SSSR count). The highest BCUT2D eigenvalue weighted by molar-refractivity contribution is 7.99. The van der Waals surface area contributed by atoms with Crippen LogP contribution in [0.1, 0.15) is 27.2 Å². The van der Waals surface area contributed by atoms with Gasteiger partial charge < -0.3 is 5.32 Å². The van der Waals surface area contributed by atoms with Gasteiger partial charge in [-0.05, 0) is 26.0 Å². The summed E-state index contributed by atoms with van der Waals surface area (Å²) in [6.07, 6.45) is 1.03. The molecule has 0 aromatic carbocycles. The van der Waals surface area contributed by atoms with Crippen LogP contribution in [0.3, 0.4) is 0 Å². The maximum Gasteiger partial charge on any atom is 0.0240 e. The number of hydrogen-bond donors (Lipinski definition) is 1. The van der Waals surface area contributed by atoms with Crippen LogP contribution in [-0.2, 0) is 0 Å². The Bertz CT molecular complexity index is 107. The lowest BCUT2D eigenvalue weighted by molar-refractivity contribution is 0.390. The summed E-state index contributed by atoms with van der Waals surface area (Å²) in [7, 11) is 0. The van der Waals surface area contributed by atoms with Crippen LogP contribution in [0.5, 0.6) is 0 Å². The number of alkyl halides is 1. The first-order valence-electron chi connectivity index (χ1n) is 4.51. The van der Waals surface area contributed by atoms with Gasteiger partial charge in [-0.2, -0.15) is 11.8 Å². The Labute approximate surface area is 85.6 Å². The molecule has 1 N–H and O–H groups in total. The lowest BCUT2D eigenvalue weighted by Crippen LogP contribution is -2.40. The molecule has 0 aliphatic rings. The molecule has 0 saturated carbocycles. The molecule has 0 atom stereocenters. The Kier molecular flexibility index (Phi) is 7.40. The molecule has 0 aromatic heterocycles. The van der Waals surface area contributed by atoms with E-state index in [0.717, 1.165) is 18.8 Å². The average Bonchev–Trinajstić information content (AvgIpc) is 1.98. The van der Waals surface area contributed by atoms with E-state index in [9.17, 15) is 0 Å². The molecule has 0 heterocycles. The van der Waals surface area contributed by atoms with E-state index in [1.165, 1.54) is 11.5 Å². The van der Waals surface area contributed by atoms with Gasteiger partial charge in [0.15, 0.2) is 0 Å². The SMILES string of the molecule is CCSCCNC(C)(C)CCCl. The second kappa shape index (κ2) is 7.05. The van der Waals surface area contributed by atoms with Gasteiger partial charge in [-0.15, -0.1) is 11.6 Å². The molecular weight excluding hydrogens is 190 g/mol. The monoisotopic (exact) mass is 209 g/mol. The summed E-state index contributed by atoms with van der Waals surface area (Å²) < 4.78 is 0. The quantitative estimate of drug-likeness (QED) is 0.511. The maximum atomic E-state index is 5.68. The van der Waals surface area contributed by atoms with Gasteiger partial charge in [0.05, 0.1) is 0 Å². The summed E-state index contributed by atoms with van der Waals surface area (Å²) in [5, 5.41) is 3.49. The van der Waals surface area contributed by atoms with Crippen molar-refractivity contribution in [3.05, 3.63) is 0 Å². The van der Waals surface area contributed by atoms with Crippen molar-refractivity contribution in [2.75, 3.05) is 23.9 Å². The second-order valence-electron chi connectivity index (χ2n) is 3.45. The van der Waals surface area contributed by atoms with Gasteiger partial charge >= 0.3 is 0 Å². The molecule has 0 aromatic rings. The van der Waals surface area contributed by atoms with Gasteiger partial charge in [0.25, 0.3) is 0 Å². The van der Waals surface area contributed by atoms with Crippen LogP contribution < -0.4 is 5.32 Å². The topological polar surface area (TPSA) is 12.0 Å². The van der Waals surface area contributed by atoms with Gasteiger partial charge in [0.1, 0.15) is 0 Å². The Morgan fingerprint density at radius 1 is 1.42 bits per heavy atom. The minimum absolute atomic E-state index is 0.204. The van der Waals surface area contributed by atoms with Crippen molar-refractivity contribution in [2.24, 2.45) is 0 Å². The molecule has 0 saturated heterocycles. The van der Waals surface area contributed by atoms with E-state index >= 15 is 0 Å². The lowest BCUT2D eigenvalue weighted by atomic mass is 10.0. The zero-order chi connectivity index (χ0) is 9.45.